The summed E-state index contributed by atoms with van der Waals surface area (Å²) in [6.07, 6.45) is 2.91. The topological polar surface area (TPSA) is 47.7 Å². The van der Waals surface area contributed by atoms with Crippen LogP contribution >= 0.6 is 12.4 Å². The standard InChI is InChI=1S/C11H14F3N5.ClH/c1-8-6-17-18(5-3-12)10(8)15-7-9-2-4-16-19(9)11(13)14;/h2,4,6,11,15H,3,5,7H2,1H3;1H. The van der Waals surface area contributed by atoms with Gasteiger partial charge in [-0.15, -0.1) is 12.4 Å². The summed E-state index contributed by atoms with van der Waals surface area (Å²) in [6, 6.07) is 1.50. The Balaban J connectivity index is 0.00000200. The molecule has 0 fully saturated rings. The van der Waals surface area contributed by atoms with Crippen molar-refractivity contribution in [2.45, 2.75) is 26.6 Å². The number of anilines is 1. The number of halogens is 4. The lowest BCUT2D eigenvalue weighted by Gasteiger charge is -2.11. The van der Waals surface area contributed by atoms with Gasteiger partial charge < -0.3 is 5.32 Å². The first-order chi connectivity index (χ1) is 9.13. The molecule has 112 valence electrons. The fraction of sp³-hybridized carbons (Fsp3) is 0.455. The summed E-state index contributed by atoms with van der Waals surface area (Å²) >= 11 is 0. The summed E-state index contributed by atoms with van der Waals surface area (Å²) in [5, 5.41) is 10.5. The van der Waals surface area contributed by atoms with Crippen molar-refractivity contribution in [2.75, 3.05) is 12.0 Å². The number of rotatable bonds is 6. The summed E-state index contributed by atoms with van der Waals surface area (Å²) in [5.41, 5.74) is 1.18. The van der Waals surface area contributed by atoms with E-state index < -0.39 is 13.2 Å². The van der Waals surface area contributed by atoms with Crippen molar-refractivity contribution >= 4 is 18.2 Å². The molecule has 0 unspecified atom stereocenters. The van der Waals surface area contributed by atoms with E-state index in [1.807, 2.05) is 6.92 Å². The van der Waals surface area contributed by atoms with E-state index in [1.165, 1.54) is 16.9 Å². The Hall–Kier alpha value is -1.70. The van der Waals surface area contributed by atoms with Gasteiger partial charge in [0.2, 0.25) is 0 Å². The largest absolute Gasteiger partial charge is 0.364 e. The minimum absolute atomic E-state index is 0. The van der Waals surface area contributed by atoms with E-state index in [9.17, 15) is 13.2 Å². The third kappa shape index (κ3) is 3.44. The second-order valence-corrected chi connectivity index (χ2v) is 3.99. The smallest absolute Gasteiger partial charge is 0.333 e. The molecule has 20 heavy (non-hydrogen) atoms. The van der Waals surface area contributed by atoms with Crippen LogP contribution in [0.1, 0.15) is 17.8 Å². The number of hydrogen-bond acceptors (Lipinski definition) is 3. The molecule has 0 aliphatic rings. The molecule has 2 rings (SSSR count). The van der Waals surface area contributed by atoms with E-state index in [0.29, 0.717) is 16.2 Å². The molecule has 0 aliphatic heterocycles. The van der Waals surface area contributed by atoms with E-state index in [4.69, 9.17) is 0 Å². The molecule has 0 radical (unpaired) electrons. The Morgan fingerprint density at radius 1 is 1.35 bits per heavy atom. The van der Waals surface area contributed by atoms with Gasteiger partial charge in [-0.3, -0.25) is 0 Å². The lowest BCUT2D eigenvalue weighted by molar-refractivity contribution is 0.0537. The number of alkyl halides is 3. The molecule has 2 heterocycles. The van der Waals surface area contributed by atoms with E-state index in [2.05, 4.69) is 15.5 Å². The molecule has 0 aliphatic carbocycles. The molecule has 5 nitrogen and oxygen atoms in total. The van der Waals surface area contributed by atoms with Gasteiger partial charge in [0.1, 0.15) is 12.5 Å². The minimum Gasteiger partial charge on any atom is -0.364 e. The molecule has 0 spiro atoms. The van der Waals surface area contributed by atoms with E-state index in [-0.39, 0.29) is 25.5 Å². The first kappa shape index (κ1) is 16.4. The Kier molecular flexibility index (Phi) is 5.87. The van der Waals surface area contributed by atoms with E-state index >= 15 is 0 Å². The molecule has 2 aromatic rings. The zero-order chi connectivity index (χ0) is 13.8. The average molecular weight is 310 g/mol. The predicted molar refractivity (Wildman–Crippen MR) is 71.0 cm³/mol. The van der Waals surface area contributed by atoms with Crippen LogP contribution in [0.15, 0.2) is 18.5 Å². The molecule has 1 N–H and O–H groups in total. The van der Waals surface area contributed by atoms with Crippen LogP contribution < -0.4 is 5.32 Å². The second-order valence-electron chi connectivity index (χ2n) is 3.99. The summed E-state index contributed by atoms with van der Waals surface area (Å²) in [7, 11) is 0. The van der Waals surface area contributed by atoms with Gasteiger partial charge in [0.15, 0.2) is 0 Å². The van der Waals surface area contributed by atoms with Gasteiger partial charge in [-0.1, -0.05) is 0 Å². The highest BCUT2D eigenvalue weighted by molar-refractivity contribution is 5.85. The normalized spacial score (nSPS) is 10.7. The van der Waals surface area contributed by atoms with Crippen molar-refractivity contribution in [3.05, 3.63) is 29.7 Å². The fourth-order valence-corrected chi connectivity index (χ4v) is 1.79. The second kappa shape index (κ2) is 7.18. The maximum absolute atomic E-state index is 12.6. The SMILES string of the molecule is Cc1cnn(CCF)c1NCc1ccnn1C(F)F.Cl. The Morgan fingerprint density at radius 2 is 2.10 bits per heavy atom. The van der Waals surface area contributed by atoms with Crippen molar-refractivity contribution < 1.29 is 13.2 Å². The van der Waals surface area contributed by atoms with E-state index in [1.54, 1.807) is 6.20 Å². The van der Waals surface area contributed by atoms with Gasteiger partial charge in [0.25, 0.3) is 0 Å². The van der Waals surface area contributed by atoms with E-state index in [0.717, 1.165) is 5.56 Å². The van der Waals surface area contributed by atoms with Crippen molar-refractivity contribution in [3.63, 3.8) is 0 Å². The van der Waals surface area contributed by atoms with Crippen LogP contribution in [0, 0.1) is 6.92 Å². The van der Waals surface area contributed by atoms with Crippen LogP contribution in [0.4, 0.5) is 19.0 Å². The molecule has 0 amide bonds. The molecular weight excluding hydrogens is 295 g/mol. The lowest BCUT2D eigenvalue weighted by atomic mass is 10.3. The third-order valence-corrected chi connectivity index (χ3v) is 2.69. The third-order valence-electron chi connectivity index (χ3n) is 2.69. The summed E-state index contributed by atoms with van der Waals surface area (Å²) < 4.78 is 39.7. The highest BCUT2D eigenvalue weighted by atomic mass is 35.5. The summed E-state index contributed by atoms with van der Waals surface area (Å²) in [6.45, 7) is -1.10. The minimum atomic E-state index is -2.68. The Bertz CT molecular complexity index is 540. The molecule has 0 aromatic carbocycles. The molecule has 0 bridgehead atoms. The van der Waals surface area contributed by atoms with Crippen molar-refractivity contribution in [1.82, 2.24) is 19.6 Å². The van der Waals surface area contributed by atoms with Gasteiger partial charge in [-0.05, 0) is 13.0 Å². The number of aromatic nitrogens is 4. The maximum Gasteiger partial charge on any atom is 0.333 e. The quantitative estimate of drug-likeness (QED) is 0.892. The van der Waals surface area contributed by atoms with Gasteiger partial charge in [0.05, 0.1) is 25.0 Å². The Morgan fingerprint density at radius 3 is 2.75 bits per heavy atom. The van der Waals surface area contributed by atoms with Gasteiger partial charge in [-0.2, -0.15) is 19.0 Å². The maximum atomic E-state index is 12.6. The van der Waals surface area contributed by atoms with Crippen molar-refractivity contribution in [1.29, 1.82) is 0 Å². The van der Waals surface area contributed by atoms with Gasteiger partial charge in [-0.25, -0.2) is 13.8 Å². The van der Waals surface area contributed by atoms with Crippen LogP contribution in [-0.4, -0.2) is 26.2 Å². The summed E-state index contributed by atoms with van der Waals surface area (Å²) in [4.78, 5) is 0. The number of nitrogens with zero attached hydrogens (tertiary/aromatic N) is 4. The van der Waals surface area contributed by atoms with Gasteiger partial charge >= 0.3 is 6.55 Å². The first-order valence-electron chi connectivity index (χ1n) is 5.76. The summed E-state index contributed by atoms with van der Waals surface area (Å²) in [5.74, 6) is 0.625. The molecule has 0 saturated heterocycles. The van der Waals surface area contributed by atoms with Crippen LogP contribution in [0.5, 0.6) is 0 Å². The monoisotopic (exact) mass is 309 g/mol. The predicted octanol–water partition coefficient (Wildman–Crippen LogP) is 2.79. The molecule has 0 saturated carbocycles. The Labute approximate surface area is 120 Å². The number of hydrogen-bond donors (Lipinski definition) is 1. The zero-order valence-electron chi connectivity index (χ0n) is 10.8. The van der Waals surface area contributed by atoms with Crippen molar-refractivity contribution in [2.24, 2.45) is 0 Å². The highest BCUT2D eigenvalue weighted by Crippen LogP contribution is 2.17. The van der Waals surface area contributed by atoms with Crippen molar-refractivity contribution in [3.8, 4) is 0 Å². The number of aryl methyl sites for hydroxylation is 2. The van der Waals surface area contributed by atoms with Crippen LogP contribution in [0.25, 0.3) is 0 Å². The first-order valence-corrected chi connectivity index (χ1v) is 5.76. The average Bonchev–Trinajstić information content (AvgIpc) is 2.95. The fourth-order valence-electron chi connectivity index (χ4n) is 1.79. The highest BCUT2D eigenvalue weighted by Gasteiger charge is 2.13. The molecular formula is C11H15ClF3N5. The lowest BCUT2D eigenvalue weighted by Crippen LogP contribution is -2.13. The van der Waals surface area contributed by atoms with Gasteiger partial charge in [0, 0.05) is 11.8 Å². The van der Waals surface area contributed by atoms with Crippen LogP contribution in [0.2, 0.25) is 0 Å². The zero-order valence-corrected chi connectivity index (χ0v) is 11.6. The molecule has 2 aromatic heterocycles. The number of nitrogens with one attached hydrogen (secondary N) is 1. The van der Waals surface area contributed by atoms with Crippen LogP contribution in [0.3, 0.4) is 0 Å². The van der Waals surface area contributed by atoms with Crippen LogP contribution in [-0.2, 0) is 13.1 Å². The molecule has 9 heteroatoms. The molecule has 0 atom stereocenters.